The van der Waals surface area contributed by atoms with Crippen LogP contribution in [-0.2, 0) is 6.54 Å². The Morgan fingerprint density at radius 1 is 1.35 bits per heavy atom. The van der Waals surface area contributed by atoms with Crippen molar-refractivity contribution in [2.75, 3.05) is 6.54 Å². The molecular weight excluding hydrogens is 293 g/mol. The smallest absolute Gasteiger partial charge is 0.179 e. The van der Waals surface area contributed by atoms with Crippen LogP contribution < -0.4 is 5.32 Å². The van der Waals surface area contributed by atoms with Gasteiger partial charge in [-0.05, 0) is 43.1 Å². The average Bonchev–Trinajstić information content (AvgIpc) is 2.78. The number of benzene rings is 1. The summed E-state index contributed by atoms with van der Waals surface area (Å²) < 4.78 is 14.3. The van der Waals surface area contributed by atoms with Crippen LogP contribution in [0.15, 0.2) is 27.4 Å². The van der Waals surface area contributed by atoms with Crippen LogP contribution in [0, 0.1) is 18.7 Å². The minimum atomic E-state index is -0.204. The molecule has 1 N–H and O–H groups in total. The number of aryl methyl sites for hydroxylation is 1. The molecule has 2 rings (SSSR count). The van der Waals surface area contributed by atoms with E-state index >= 15 is 0 Å². The van der Waals surface area contributed by atoms with Gasteiger partial charge in [-0.3, -0.25) is 0 Å². The lowest BCUT2D eigenvalue weighted by Crippen LogP contribution is -2.19. The van der Waals surface area contributed by atoms with E-state index in [1.807, 2.05) is 13.0 Å². The zero-order valence-electron chi connectivity index (χ0n) is 11.8. The maximum atomic E-state index is 13.4. The van der Waals surface area contributed by atoms with Crippen LogP contribution in [0.5, 0.6) is 0 Å². The van der Waals surface area contributed by atoms with E-state index in [4.69, 9.17) is 0 Å². The van der Waals surface area contributed by atoms with Crippen molar-refractivity contribution < 1.29 is 4.39 Å². The van der Waals surface area contributed by atoms with Crippen molar-refractivity contribution in [3.63, 3.8) is 0 Å². The van der Waals surface area contributed by atoms with Gasteiger partial charge in [0.2, 0.25) is 0 Å². The summed E-state index contributed by atoms with van der Waals surface area (Å²) in [6.07, 6.45) is 0. The molecule has 0 aliphatic heterocycles. The minimum Gasteiger partial charge on any atom is -0.312 e. The summed E-state index contributed by atoms with van der Waals surface area (Å²) in [6.45, 7) is 7.81. The van der Waals surface area contributed by atoms with E-state index in [0.717, 1.165) is 26.4 Å². The highest BCUT2D eigenvalue weighted by Crippen LogP contribution is 2.32. The van der Waals surface area contributed by atoms with Crippen molar-refractivity contribution in [3.8, 4) is 0 Å². The summed E-state index contributed by atoms with van der Waals surface area (Å²) >= 11 is 3.09. The van der Waals surface area contributed by atoms with Gasteiger partial charge in [0.25, 0.3) is 0 Å². The van der Waals surface area contributed by atoms with Crippen LogP contribution in [-0.4, -0.2) is 16.7 Å². The van der Waals surface area contributed by atoms with Crippen molar-refractivity contribution in [1.82, 2.24) is 15.5 Å². The summed E-state index contributed by atoms with van der Waals surface area (Å²) in [7, 11) is 0. The van der Waals surface area contributed by atoms with Crippen LogP contribution in [0.2, 0.25) is 0 Å². The number of hydrogen-bond donors (Lipinski definition) is 1. The lowest BCUT2D eigenvalue weighted by molar-refractivity contribution is 0.547. The van der Waals surface area contributed by atoms with Crippen LogP contribution in [0.25, 0.3) is 0 Å². The number of aromatic nitrogens is 2. The molecule has 108 valence electrons. The highest BCUT2D eigenvalue weighted by molar-refractivity contribution is 8.01. The van der Waals surface area contributed by atoms with Gasteiger partial charge in [0, 0.05) is 11.4 Å². The third-order valence-corrected chi connectivity index (χ3v) is 4.60. The van der Waals surface area contributed by atoms with Gasteiger partial charge in [-0.2, -0.15) is 0 Å². The maximum Gasteiger partial charge on any atom is 0.179 e. The van der Waals surface area contributed by atoms with Crippen LogP contribution >= 0.6 is 23.1 Å². The van der Waals surface area contributed by atoms with Crippen molar-refractivity contribution in [3.05, 3.63) is 34.6 Å². The average molecular weight is 311 g/mol. The first-order valence-electron chi connectivity index (χ1n) is 6.51. The molecule has 1 aromatic carbocycles. The fraction of sp³-hybridized carbons (Fsp3) is 0.429. The molecule has 1 aromatic heterocycles. The molecule has 0 radical (unpaired) electrons. The molecule has 0 unspecified atom stereocenters. The number of nitrogens with one attached hydrogen (secondary N) is 1. The maximum absolute atomic E-state index is 13.4. The number of nitrogens with zero attached hydrogens (tertiary/aromatic N) is 2. The van der Waals surface area contributed by atoms with Gasteiger partial charge in [0.1, 0.15) is 10.8 Å². The molecule has 0 aliphatic rings. The molecule has 0 bridgehead atoms. The number of hydrogen-bond acceptors (Lipinski definition) is 5. The lowest BCUT2D eigenvalue weighted by atomic mass is 10.2. The zero-order valence-corrected chi connectivity index (χ0v) is 13.4. The Bertz CT molecular complexity index is 569. The molecule has 0 fully saturated rings. The number of halogens is 1. The third-order valence-electron chi connectivity index (χ3n) is 2.60. The summed E-state index contributed by atoms with van der Waals surface area (Å²) in [4.78, 5) is 1.03. The van der Waals surface area contributed by atoms with Crippen LogP contribution in [0.4, 0.5) is 4.39 Å². The molecule has 20 heavy (non-hydrogen) atoms. The monoisotopic (exact) mass is 311 g/mol. The van der Waals surface area contributed by atoms with Crippen LogP contribution in [0.3, 0.4) is 0 Å². The Labute approximate surface area is 127 Å². The summed E-state index contributed by atoms with van der Waals surface area (Å²) in [5.74, 6) is 0.370. The summed E-state index contributed by atoms with van der Waals surface area (Å²) in [5, 5.41) is 12.4. The van der Waals surface area contributed by atoms with E-state index < -0.39 is 0 Å². The molecule has 3 nitrogen and oxygen atoms in total. The first-order chi connectivity index (χ1) is 9.54. The molecule has 0 atom stereocenters. The summed E-state index contributed by atoms with van der Waals surface area (Å²) in [5.41, 5.74) is 0.962. The molecule has 0 aliphatic carbocycles. The van der Waals surface area contributed by atoms with Crippen molar-refractivity contribution >= 4 is 23.1 Å². The molecule has 0 spiro atoms. The Balaban J connectivity index is 2.10. The first-order valence-corrected chi connectivity index (χ1v) is 8.15. The largest absolute Gasteiger partial charge is 0.312 e. The van der Waals surface area contributed by atoms with Gasteiger partial charge in [-0.25, -0.2) is 4.39 Å². The standard InChI is InChI=1S/C14H18FN3S2/c1-9(2)7-16-8-11-6-12(15)4-5-13(11)20-14-18-17-10(3)19-14/h4-6,9,16H,7-8H2,1-3H3. The Morgan fingerprint density at radius 3 is 2.80 bits per heavy atom. The topological polar surface area (TPSA) is 37.8 Å². The lowest BCUT2D eigenvalue weighted by Gasteiger charge is -2.11. The SMILES string of the molecule is Cc1nnc(Sc2ccc(F)cc2CNCC(C)C)s1. The first kappa shape index (κ1) is 15.4. The predicted octanol–water partition coefficient (Wildman–Crippen LogP) is 3.88. The Kier molecular flexibility index (Phi) is 5.51. The third kappa shape index (κ3) is 4.54. The molecule has 2 aromatic rings. The fourth-order valence-corrected chi connectivity index (χ4v) is 3.58. The second kappa shape index (κ2) is 7.15. The van der Waals surface area contributed by atoms with Crippen molar-refractivity contribution in [2.45, 2.75) is 36.6 Å². The van der Waals surface area contributed by atoms with Crippen molar-refractivity contribution in [2.24, 2.45) is 5.92 Å². The Hall–Kier alpha value is -0.980. The van der Waals surface area contributed by atoms with Gasteiger partial charge >= 0.3 is 0 Å². The molecule has 0 saturated carbocycles. The highest BCUT2D eigenvalue weighted by atomic mass is 32.2. The highest BCUT2D eigenvalue weighted by Gasteiger charge is 2.09. The molecule has 1 heterocycles. The summed E-state index contributed by atoms with van der Waals surface area (Å²) in [6, 6.07) is 4.88. The Morgan fingerprint density at radius 2 is 2.15 bits per heavy atom. The second-order valence-corrected chi connectivity index (χ2v) is 7.44. The molecular formula is C14H18FN3S2. The molecule has 0 saturated heterocycles. The normalized spacial score (nSPS) is 11.2. The van der Waals surface area contributed by atoms with Gasteiger partial charge in [-0.1, -0.05) is 36.9 Å². The van der Waals surface area contributed by atoms with E-state index in [9.17, 15) is 4.39 Å². The minimum absolute atomic E-state index is 0.204. The second-order valence-electron chi connectivity index (χ2n) is 4.97. The van der Waals surface area contributed by atoms with E-state index in [1.165, 1.54) is 6.07 Å². The van der Waals surface area contributed by atoms with E-state index in [-0.39, 0.29) is 5.82 Å². The van der Waals surface area contributed by atoms with E-state index in [0.29, 0.717) is 12.5 Å². The zero-order chi connectivity index (χ0) is 14.5. The van der Waals surface area contributed by atoms with E-state index in [1.54, 1.807) is 29.2 Å². The van der Waals surface area contributed by atoms with Gasteiger partial charge in [-0.15, -0.1) is 10.2 Å². The van der Waals surface area contributed by atoms with Crippen molar-refractivity contribution in [1.29, 1.82) is 0 Å². The number of rotatable bonds is 6. The van der Waals surface area contributed by atoms with Crippen LogP contribution in [0.1, 0.15) is 24.4 Å². The molecule has 0 amide bonds. The predicted molar refractivity (Wildman–Crippen MR) is 81.7 cm³/mol. The van der Waals surface area contributed by atoms with Gasteiger partial charge in [0.15, 0.2) is 4.34 Å². The van der Waals surface area contributed by atoms with Gasteiger partial charge < -0.3 is 5.32 Å². The molecule has 6 heteroatoms. The quantitative estimate of drug-likeness (QED) is 0.878. The fourth-order valence-electron chi connectivity index (χ4n) is 1.69. The van der Waals surface area contributed by atoms with E-state index in [2.05, 4.69) is 29.4 Å². The van der Waals surface area contributed by atoms with Gasteiger partial charge in [0.05, 0.1) is 0 Å².